The van der Waals surface area contributed by atoms with Crippen molar-refractivity contribution in [1.29, 1.82) is 0 Å². The second-order valence-electron chi connectivity index (χ2n) is 5.38. The van der Waals surface area contributed by atoms with Gasteiger partial charge in [-0.3, -0.25) is 4.74 Å². The molecule has 0 radical (unpaired) electrons. The molecule has 0 aromatic heterocycles. The molecule has 0 amide bonds. The van der Waals surface area contributed by atoms with Crippen LogP contribution in [0.4, 0.5) is 43.9 Å². The molecule has 0 saturated heterocycles. The Bertz CT molecular complexity index is 425. The van der Waals surface area contributed by atoms with Gasteiger partial charge >= 0.3 is 29.8 Å². The molecule has 0 rings (SSSR count). The molecule has 2 nitrogen and oxygen atoms in total. The Labute approximate surface area is 137 Å². The average molecular weight is 396 g/mol. The van der Waals surface area contributed by atoms with Crippen molar-refractivity contribution in [2.24, 2.45) is 0 Å². The first-order chi connectivity index (χ1) is 11.0. The van der Waals surface area contributed by atoms with E-state index in [2.05, 4.69) is 4.74 Å². The van der Waals surface area contributed by atoms with Crippen LogP contribution in [0.15, 0.2) is 0 Å². The minimum atomic E-state index is -7.16. The lowest BCUT2D eigenvalue weighted by molar-refractivity contribution is -0.460. The first-order valence-electron chi connectivity index (χ1n) is 7.26. The molecule has 1 N–H and O–H groups in total. The molecule has 0 aliphatic heterocycles. The zero-order valence-corrected chi connectivity index (χ0v) is 13.2. The standard InChI is InChI=1S/C13H18F10O2/c1-3-5-6-7-9(14,15)10(16,17)11(18,19)12(20,21)13(22,23)25-8(24)4-2/h8,24H,3-7H2,1-2H3. The Morgan fingerprint density at radius 3 is 1.64 bits per heavy atom. The van der Waals surface area contributed by atoms with E-state index in [0.717, 1.165) is 6.92 Å². The van der Waals surface area contributed by atoms with E-state index in [1.54, 1.807) is 0 Å². The molecule has 0 aromatic rings. The fourth-order valence-corrected chi connectivity index (χ4v) is 1.69. The predicted molar refractivity (Wildman–Crippen MR) is 66.3 cm³/mol. The molecule has 0 saturated carbocycles. The van der Waals surface area contributed by atoms with Crippen LogP contribution in [0.25, 0.3) is 0 Å². The molecule has 152 valence electrons. The Morgan fingerprint density at radius 1 is 0.760 bits per heavy atom. The van der Waals surface area contributed by atoms with E-state index >= 15 is 0 Å². The number of alkyl halides is 10. The lowest BCUT2D eigenvalue weighted by atomic mass is 9.94. The highest BCUT2D eigenvalue weighted by Crippen LogP contribution is 2.58. The van der Waals surface area contributed by atoms with Crippen LogP contribution in [-0.4, -0.2) is 41.2 Å². The topological polar surface area (TPSA) is 29.5 Å². The summed E-state index contributed by atoms with van der Waals surface area (Å²) in [6, 6.07) is 0. The summed E-state index contributed by atoms with van der Waals surface area (Å²) in [7, 11) is 0. The van der Waals surface area contributed by atoms with Crippen molar-refractivity contribution in [3.63, 3.8) is 0 Å². The van der Waals surface area contributed by atoms with E-state index in [9.17, 15) is 43.9 Å². The normalized spacial score (nSPS) is 16.2. The minimum Gasteiger partial charge on any atom is -0.368 e. The molecule has 1 unspecified atom stereocenters. The Morgan fingerprint density at radius 2 is 1.24 bits per heavy atom. The molecular weight excluding hydrogens is 378 g/mol. The highest BCUT2D eigenvalue weighted by molar-refractivity contribution is 5.06. The number of hydrogen-bond acceptors (Lipinski definition) is 2. The van der Waals surface area contributed by atoms with Crippen LogP contribution in [0.5, 0.6) is 0 Å². The smallest absolute Gasteiger partial charge is 0.368 e. The highest BCUT2D eigenvalue weighted by atomic mass is 19.4. The minimum absolute atomic E-state index is 0.0877. The Balaban J connectivity index is 5.74. The van der Waals surface area contributed by atoms with Gasteiger partial charge in [-0.05, 0) is 12.8 Å². The summed E-state index contributed by atoms with van der Waals surface area (Å²) >= 11 is 0. The third-order valence-corrected chi connectivity index (χ3v) is 3.34. The quantitative estimate of drug-likeness (QED) is 0.286. The number of rotatable bonds is 11. The third kappa shape index (κ3) is 4.50. The molecule has 0 spiro atoms. The van der Waals surface area contributed by atoms with Crippen LogP contribution >= 0.6 is 0 Å². The van der Waals surface area contributed by atoms with Gasteiger partial charge in [-0.2, -0.15) is 43.9 Å². The number of aliphatic hydroxyl groups excluding tert-OH is 1. The van der Waals surface area contributed by atoms with Crippen molar-refractivity contribution in [2.75, 3.05) is 0 Å². The molecule has 25 heavy (non-hydrogen) atoms. The van der Waals surface area contributed by atoms with Gasteiger partial charge in [-0.1, -0.05) is 26.7 Å². The van der Waals surface area contributed by atoms with Crippen LogP contribution in [0, 0.1) is 0 Å². The van der Waals surface area contributed by atoms with Gasteiger partial charge in [-0.25, -0.2) is 0 Å². The second kappa shape index (κ2) is 7.85. The average Bonchev–Trinajstić information content (AvgIpc) is 2.45. The summed E-state index contributed by atoms with van der Waals surface area (Å²) < 4.78 is 136. The van der Waals surface area contributed by atoms with Gasteiger partial charge in [0.25, 0.3) is 0 Å². The lowest BCUT2D eigenvalue weighted by Crippen LogP contribution is -2.68. The van der Waals surface area contributed by atoms with Gasteiger partial charge in [0.15, 0.2) is 6.29 Å². The third-order valence-electron chi connectivity index (χ3n) is 3.34. The molecule has 12 heteroatoms. The summed E-state index contributed by atoms with van der Waals surface area (Å²) in [5.41, 5.74) is 0. The first-order valence-corrected chi connectivity index (χ1v) is 7.26. The van der Waals surface area contributed by atoms with E-state index in [0.29, 0.717) is 0 Å². The SMILES string of the molecule is CCCCCC(F)(F)C(F)(F)C(F)(F)C(F)(F)C(F)(F)OC(O)CC. The van der Waals surface area contributed by atoms with E-state index in [4.69, 9.17) is 5.11 Å². The number of halogens is 10. The van der Waals surface area contributed by atoms with Crippen LogP contribution in [0.2, 0.25) is 0 Å². The molecule has 0 aromatic carbocycles. The summed E-state index contributed by atoms with van der Waals surface area (Å²) in [4.78, 5) is 0. The zero-order chi connectivity index (χ0) is 20.3. The van der Waals surface area contributed by atoms with Crippen molar-refractivity contribution < 1.29 is 53.7 Å². The maximum Gasteiger partial charge on any atom is 0.428 e. The number of unbranched alkanes of at least 4 members (excludes halogenated alkanes) is 2. The number of hydrogen-bond donors (Lipinski definition) is 1. The fourth-order valence-electron chi connectivity index (χ4n) is 1.69. The Hall–Kier alpha value is -0.780. The van der Waals surface area contributed by atoms with Crippen molar-refractivity contribution in [3.8, 4) is 0 Å². The summed E-state index contributed by atoms with van der Waals surface area (Å²) in [6.45, 7) is 2.39. The molecule has 0 heterocycles. The van der Waals surface area contributed by atoms with Crippen LogP contribution in [-0.2, 0) is 4.74 Å². The van der Waals surface area contributed by atoms with Crippen LogP contribution in [0.3, 0.4) is 0 Å². The molecular formula is C13H18F10O2. The summed E-state index contributed by atoms with van der Waals surface area (Å²) in [5, 5.41) is 8.71. The largest absolute Gasteiger partial charge is 0.428 e. The predicted octanol–water partition coefficient (Wildman–Crippen LogP) is 5.45. The monoisotopic (exact) mass is 396 g/mol. The van der Waals surface area contributed by atoms with Gasteiger partial charge < -0.3 is 5.11 Å². The van der Waals surface area contributed by atoms with Crippen molar-refractivity contribution in [3.05, 3.63) is 0 Å². The van der Waals surface area contributed by atoms with E-state index < -0.39 is 55.4 Å². The molecule has 0 aliphatic carbocycles. The molecule has 0 bridgehead atoms. The lowest BCUT2D eigenvalue weighted by Gasteiger charge is -2.39. The second-order valence-corrected chi connectivity index (χ2v) is 5.38. The highest BCUT2D eigenvalue weighted by Gasteiger charge is 2.86. The van der Waals surface area contributed by atoms with Gasteiger partial charge in [0.2, 0.25) is 0 Å². The Kier molecular flexibility index (Phi) is 7.60. The number of aliphatic hydroxyl groups is 1. The summed E-state index contributed by atoms with van der Waals surface area (Å²) in [5.74, 6) is -26.6. The maximum absolute atomic E-state index is 13.4. The number of ether oxygens (including phenoxy) is 1. The van der Waals surface area contributed by atoms with E-state index in [-0.39, 0.29) is 12.8 Å². The molecule has 0 aliphatic rings. The van der Waals surface area contributed by atoms with Crippen LogP contribution in [0.1, 0.15) is 46.0 Å². The maximum atomic E-state index is 13.4. The molecule has 1 atom stereocenters. The van der Waals surface area contributed by atoms with Gasteiger partial charge in [0.1, 0.15) is 0 Å². The van der Waals surface area contributed by atoms with E-state index in [1.165, 1.54) is 6.92 Å². The van der Waals surface area contributed by atoms with Crippen molar-refractivity contribution in [2.45, 2.75) is 82.0 Å². The summed E-state index contributed by atoms with van der Waals surface area (Å²) in [6.07, 6.45) is -12.3. The van der Waals surface area contributed by atoms with Crippen LogP contribution < -0.4 is 0 Å². The van der Waals surface area contributed by atoms with Gasteiger partial charge in [0, 0.05) is 6.42 Å². The van der Waals surface area contributed by atoms with Crippen molar-refractivity contribution in [1.82, 2.24) is 0 Å². The van der Waals surface area contributed by atoms with Crippen molar-refractivity contribution >= 4 is 0 Å². The first kappa shape index (κ1) is 24.2. The van der Waals surface area contributed by atoms with E-state index in [1.807, 2.05) is 0 Å². The fraction of sp³-hybridized carbons (Fsp3) is 1.00. The van der Waals surface area contributed by atoms with Gasteiger partial charge in [0.05, 0.1) is 0 Å². The zero-order valence-electron chi connectivity index (χ0n) is 13.2. The van der Waals surface area contributed by atoms with Gasteiger partial charge in [-0.15, -0.1) is 0 Å². The molecule has 0 fully saturated rings.